The predicted molar refractivity (Wildman–Crippen MR) is 93.2 cm³/mol. The minimum absolute atomic E-state index is 0.0610. The molecule has 1 aromatic heterocycles. The maximum Gasteiger partial charge on any atom is 0.226 e. The van der Waals surface area contributed by atoms with E-state index in [-0.39, 0.29) is 18.1 Å². The number of halogens is 1. The van der Waals surface area contributed by atoms with Crippen molar-refractivity contribution in [3.8, 4) is 0 Å². The average molecular weight is 347 g/mol. The highest BCUT2D eigenvalue weighted by Crippen LogP contribution is 2.16. The molecule has 0 bridgehead atoms. The molecular weight excluding hydrogens is 325 g/mol. The van der Waals surface area contributed by atoms with Gasteiger partial charge in [0.2, 0.25) is 5.91 Å². The number of amides is 1. The molecule has 1 aliphatic heterocycles. The van der Waals surface area contributed by atoms with Crippen LogP contribution in [0.15, 0.2) is 29.6 Å². The second-order valence-electron chi connectivity index (χ2n) is 6.15. The Kier molecular flexibility index (Phi) is 5.93. The van der Waals surface area contributed by atoms with E-state index >= 15 is 0 Å². The first-order valence-corrected chi connectivity index (χ1v) is 9.24. The van der Waals surface area contributed by atoms with Crippen molar-refractivity contribution in [2.24, 2.45) is 0 Å². The van der Waals surface area contributed by atoms with Crippen LogP contribution in [0.3, 0.4) is 0 Å². The first-order chi connectivity index (χ1) is 11.7. The van der Waals surface area contributed by atoms with E-state index in [9.17, 15) is 9.18 Å². The topological polar surface area (TPSA) is 45.2 Å². The van der Waals surface area contributed by atoms with Gasteiger partial charge in [0.1, 0.15) is 10.8 Å². The summed E-state index contributed by atoms with van der Waals surface area (Å²) in [5, 5.41) is 5.90. The zero-order chi connectivity index (χ0) is 16.8. The second-order valence-corrected chi connectivity index (χ2v) is 7.09. The zero-order valence-electron chi connectivity index (χ0n) is 13.6. The number of nitrogens with zero attached hydrogens (tertiary/aromatic N) is 2. The van der Waals surface area contributed by atoms with Crippen molar-refractivity contribution in [1.82, 2.24) is 15.2 Å². The van der Waals surface area contributed by atoms with Crippen molar-refractivity contribution in [2.45, 2.75) is 38.8 Å². The lowest BCUT2D eigenvalue weighted by Crippen LogP contribution is -2.29. The number of benzene rings is 1. The van der Waals surface area contributed by atoms with Gasteiger partial charge in [-0.05, 0) is 43.6 Å². The van der Waals surface area contributed by atoms with Gasteiger partial charge in [0.25, 0.3) is 0 Å². The maximum absolute atomic E-state index is 12.8. The molecule has 1 N–H and O–H groups in total. The van der Waals surface area contributed by atoms with Gasteiger partial charge < -0.3 is 5.32 Å². The van der Waals surface area contributed by atoms with E-state index in [1.54, 1.807) is 23.5 Å². The van der Waals surface area contributed by atoms with Crippen LogP contribution in [0.4, 0.5) is 4.39 Å². The summed E-state index contributed by atoms with van der Waals surface area (Å²) >= 11 is 1.63. The quantitative estimate of drug-likeness (QED) is 0.873. The maximum atomic E-state index is 12.8. The molecule has 0 aliphatic carbocycles. The molecule has 1 aromatic carbocycles. The molecule has 0 spiro atoms. The van der Waals surface area contributed by atoms with Crippen LogP contribution in [0.1, 0.15) is 35.5 Å². The number of hydrogen-bond acceptors (Lipinski definition) is 4. The highest BCUT2D eigenvalue weighted by atomic mass is 32.1. The third-order valence-electron chi connectivity index (χ3n) is 4.15. The fraction of sp³-hybridized carbons (Fsp3) is 0.444. The molecule has 2 heterocycles. The van der Waals surface area contributed by atoms with Gasteiger partial charge in [-0.1, -0.05) is 18.6 Å². The van der Waals surface area contributed by atoms with E-state index in [1.165, 1.54) is 31.4 Å². The number of carbonyl (C=O) groups is 1. The normalized spacial score (nSPS) is 15.4. The van der Waals surface area contributed by atoms with Crippen LogP contribution >= 0.6 is 11.3 Å². The van der Waals surface area contributed by atoms with Crippen molar-refractivity contribution in [2.75, 3.05) is 13.1 Å². The Morgan fingerprint density at radius 1 is 1.21 bits per heavy atom. The van der Waals surface area contributed by atoms with Crippen LogP contribution in [0.25, 0.3) is 0 Å². The van der Waals surface area contributed by atoms with Crippen LogP contribution in [0, 0.1) is 5.82 Å². The largest absolute Gasteiger partial charge is 0.352 e. The molecule has 6 heteroatoms. The average Bonchev–Trinajstić information content (AvgIpc) is 3.02. The highest BCUT2D eigenvalue weighted by molar-refractivity contribution is 7.09. The zero-order valence-corrected chi connectivity index (χ0v) is 14.4. The number of hydrogen-bond donors (Lipinski definition) is 1. The molecule has 1 amide bonds. The number of aromatic nitrogens is 1. The molecule has 0 atom stereocenters. The van der Waals surface area contributed by atoms with Crippen molar-refractivity contribution in [3.05, 3.63) is 51.7 Å². The van der Waals surface area contributed by atoms with Gasteiger partial charge in [-0.25, -0.2) is 9.37 Å². The predicted octanol–water partition coefficient (Wildman–Crippen LogP) is 3.13. The van der Waals surface area contributed by atoms with E-state index in [1.807, 2.05) is 5.38 Å². The van der Waals surface area contributed by atoms with Gasteiger partial charge in [0.05, 0.1) is 18.7 Å². The number of rotatable bonds is 6. The molecule has 0 radical (unpaired) electrons. The van der Waals surface area contributed by atoms with E-state index in [0.717, 1.165) is 35.9 Å². The molecular formula is C18H22FN3OS. The summed E-state index contributed by atoms with van der Waals surface area (Å²) in [4.78, 5) is 19.0. The smallest absolute Gasteiger partial charge is 0.226 e. The lowest BCUT2D eigenvalue weighted by atomic mass is 10.1. The molecule has 4 nitrogen and oxygen atoms in total. The first-order valence-electron chi connectivity index (χ1n) is 8.36. The van der Waals surface area contributed by atoms with Crippen LogP contribution in [0.5, 0.6) is 0 Å². The SMILES string of the molecule is O=C(Cc1csc(CN2CCCCC2)n1)NCc1ccc(F)cc1. The Morgan fingerprint density at radius 3 is 2.71 bits per heavy atom. The van der Waals surface area contributed by atoms with E-state index in [0.29, 0.717) is 6.54 Å². The molecule has 0 unspecified atom stereocenters. The minimum Gasteiger partial charge on any atom is -0.352 e. The third kappa shape index (κ3) is 5.11. The Bertz CT molecular complexity index is 665. The van der Waals surface area contributed by atoms with Gasteiger partial charge in [-0.15, -0.1) is 11.3 Å². The van der Waals surface area contributed by atoms with Crippen LogP contribution in [-0.4, -0.2) is 28.9 Å². The standard InChI is InChI=1S/C18H22FN3OS/c19-15-6-4-14(5-7-15)11-20-17(23)10-16-13-24-18(21-16)12-22-8-2-1-3-9-22/h4-7,13H,1-3,8-12H2,(H,20,23). The monoisotopic (exact) mass is 347 g/mol. The summed E-state index contributed by atoms with van der Waals surface area (Å²) in [6, 6.07) is 6.15. The van der Waals surface area contributed by atoms with Gasteiger partial charge in [0.15, 0.2) is 0 Å². The summed E-state index contributed by atoms with van der Waals surface area (Å²) in [6.45, 7) is 3.59. The Labute approximate surface area is 145 Å². The molecule has 128 valence electrons. The van der Waals surface area contributed by atoms with Crippen molar-refractivity contribution < 1.29 is 9.18 Å². The summed E-state index contributed by atoms with van der Waals surface area (Å²) in [6.07, 6.45) is 4.15. The van der Waals surface area contributed by atoms with Crippen molar-refractivity contribution in [3.63, 3.8) is 0 Å². The fourth-order valence-corrected chi connectivity index (χ4v) is 3.68. The summed E-state index contributed by atoms with van der Waals surface area (Å²) in [5.74, 6) is -0.331. The molecule has 1 aliphatic rings. The lowest BCUT2D eigenvalue weighted by molar-refractivity contribution is -0.120. The Balaban J connectivity index is 1.45. The molecule has 1 saturated heterocycles. The molecule has 0 saturated carbocycles. The number of carbonyl (C=O) groups excluding carboxylic acids is 1. The molecule has 24 heavy (non-hydrogen) atoms. The molecule has 3 rings (SSSR count). The summed E-state index contributed by atoms with van der Waals surface area (Å²) in [5.41, 5.74) is 1.71. The van der Waals surface area contributed by atoms with E-state index in [4.69, 9.17) is 0 Å². The van der Waals surface area contributed by atoms with Gasteiger partial charge >= 0.3 is 0 Å². The van der Waals surface area contributed by atoms with E-state index < -0.39 is 0 Å². The molecule has 2 aromatic rings. The summed E-state index contributed by atoms with van der Waals surface area (Å²) in [7, 11) is 0. The Morgan fingerprint density at radius 2 is 1.96 bits per heavy atom. The third-order valence-corrected chi connectivity index (χ3v) is 5.03. The van der Waals surface area contributed by atoms with Gasteiger partial charge in [0, 0.05) is 11.9 Å². The number of piperidine rings is 1. The fourth-order valence-electron chi connectivity index (χ4n) is 2.84. The number of thiazole rings is 1. The number of likely N-dealkylation sites (tertiary alicyclic amines) is 1. The molecule has 1 fully saturated rings. The first kappa shape index (κ1) is 17.0. The lowest BCUT2D eigenvalue weighted by Gasteiger charge is -2.25. The Hall–Kier alpha value is -1.79. The minimum atomic E-state index is -0.270. The van der Waals surface area contributed by atoms with Crippen LogP contribution in [-0.2, 0) is 24.3 Å². The summed E-state index contributed by atoms with van der Waals surface area (Å²) < 4.78 is 12.8. The number of nitrogens with one attached hydrogen (secondary N) is 1. The van der Waals surface area contributed by atoms with Crippen molar-refractivity contribution in [1.29, 1.82) is 0 Å². The van der Waals surface area contributed by atoms with Gasteiger partial charge in [-0.2, -0.15) is 0 Å². The van der Waals surface area contributed by atoms with Gasteiger partial charge in [-0.3, -0.25) is 9.69 Å². The second kappa shape index (κ2) is 8.35. The van der Waals surface area contributed by atoms with Crippen LogP contribution < -0.4 is 5.32 Å². The van der Waals surface area contributed by atoms with Crippen molar-refractivity contribution >= 4 is 17.2 Å². The van der Waals surface area contributed by atoms with E-state index in [2.05, 4.69) is 15.2 Å². The van der Waals surface area contributed by atoms with Crippen LogP contribution in [0.2, 0.25) is 0 Å². The highest BCUT2D eigenvalue weighted by Gasteiger charge is 2.13.